The first-order valence-electron chi connectivity index (χ1n) is 6.69. The highest BCUT2D eigenvalue weighted by Gasteiger charge is 2.15. The van der Waals surface area contributed by atoms with Crippen molar-refractivity contribution in [3.8, 4) is 11.4 Å². The topological polar surface area (TPSA) is 31.2 Å². The minimum atomic E-state index is -0.322. The van der Waals surface area contributed by atoms with E-state index in [0.717, 1.165) is 0 Å². The van der Waals surface area contributed by atoms with Gasteiger partial charge in [-0.15, -0.1) is 0 Å². The number of hydrogen-bond acceptors (Lipinski definition) is 2. The van der Waals surface area contributed by atoms with Crippen LogP contribution in [0.15, 0.2) is 41.3 Å². The van der Waals surface area contributed by atoms with Gasteiger partial charge in [0.15, 0.2) is 0 Å². The molecule has 1 heterocycles. The van der Waals surface area contributed by atoms with Crippen LogP contribution in [0.4, 0.5) is 4.39 Å². The van der Waals surface area contributed by atoms with Gasteiger partial charge in [-0.3, -0.25) is 9.36 Å². The zero-order chi connectivity index (χ0) is 14.7. The Morgan fingerprint density at radius 1 is 1.20 bits per heavy atom. The fraction of sp³-hybridized carbons (Fsp3) is 0.312. The Labute approximate surface area is 117 Å². The molecule has 0 amide bonds. The third-order valence-corrected chi connectivity index (χ3v) is 3.07. The van der Waals surface area contributed by atoms with Crippen LogP contribution in [-0.4, -0.2) is 11.2 Å². The van der Waals surface area contributed by atoms with Gasteiger partial charge in [-0.25, -0.2) is 4.39 Å². The molecule has 20 heavy (non-hydrogen) atoms. The summed E-state index contributed by atoms with van der Waals surface area (Å²) in [5, 5.41) is 0. The minimum absolute atomic E-state index is 0.0527. The van der Waals surface area contributed by atoms with E-state index in [4.69, 9.17) is 4.74 Å². The van der Waals surface area contributed by atoms with E-state index in [1.54, 1.807) is 24.4 Å². The van der Waals surface area contributed by atoms with Crippen molar-refractivity contribution in [3.05, 3.63) is 58.3 Å². The lowest BCUT2D eigenvalue weighted by Gasteiger charge is -2.15. The van der Waals surface area contributed by atoms with Gasteiger partial charge in [0.05, 0.1) is 12.2 Å². The molecule has 1 aromatic heterocycles. The fourth-order valence-electron chi connectivity index (χ4n) is 2.15. The predicted octanol–water partition coefficient (Wildman–Crippen LogP) is 3.50. The van der Waals surface area contributed by atoms with E-state index in [1.165, 1.54) is 16.7 Å². The second-order valence-corrected chi connectivity index (χ2v) is 4.83. The van der Waals surface area contributed by atoms with E-state index >= 15 is 0 Å². The average Bonchev–Trinajstić information content (AvgIpc) is 2.40. The van der Waals surface area contributed by atoms with Crippen LogP contribution in [0.1, 0.15) is 32.3 Å². The Morgan fingerprint density at radius 3 is 2.40 bits per heavy atom. The molecule has 0 bridgehead atoms. The summed E-state index contributed by atoms with van der Waals surface area (Å²) in [5.74, 6) is 0.347. The fourth-order valence-corrected chi connectivity index (χ4v) is 2.15. The molecule has 4 heteroatoms. The summed E-state index contributed by atoms with van der Waals surface area (Å²) in [6, 6.07) is 7.63. The molecular formula is C16H18FNO2. The van der Waals surface area contributed by atoms with E-state index in [1.807, 2.05) is 20.8 Å². The molecule has 0 N–H and O–H groups in total. The second kappa shape index (κ2) is 5.90. The maximum atomic E-state index is 13.0. The summed E-state index contributed by atoms with van der Waals surface area (Å²) in [5.41, 5.74) is 1.15. The van der Waals surface area contributed by atoms with E-state index in [2.05, 4.69) is 0 Å². The molecular weight excluding hydrogens is 257 g/mol. The molecule has 1 aromatic carbocycles. The predicted molar refractivity (Wildman–Crippen MR) is 77.3 cm³/mol. The normalized spacial score (nSPS) is 10.8. The SMILES string of the molecule is CCOc1ccn(-c2ccc(F)cc2)c(=O)c1C(C)C. The molecule has 2 rings (SSSR count). The van der Waals surface area contributed by atoms with Crippen molar-refractivity contribution in [2.45, 2.75) is 26.7 Å². The lowest BCUT2D eigenvalue weighted by molar-refractivity contribution is 0.333. The second-order valence-electron chi connectivity index (χ2n) is 4.83. The van der Waals surface area contributed by atoms with Crippen LogP contribution in [0.2, 0.25) is 0 Å². The number of ether oxygens (including phenoxy) is 1. The minimum Gasteiger partial charge on any atom is -0.493 e. The number of aromatic nitrogens is 1. The van der Waals surface area contributed by atoms with Crippen LogP contribution in [0.5, 0.6) is 5.75 Å². The zero-order valence-electron chi connectivity index (χ0n) is 11.9. The number of pyridine rings is 1. The Bertz CT molecular complexity index is 645. The molecule has 0 radical (unpaired) electrons. The average molecular weight is 275 g/mol. The summed E-state index contributed by atoms with van der Waals surface area (Å²) in [4.78, 5) is 12.6. The van der Waals surface area contributed by atoms with Gasteiger partial charge in [0, 0.05) is 11.9 Å². The number of nitrogens with zero attached hydrogens (tertiary/aromatic N) is 1. The van der Waals surface area contributed by atoms with Gasteiger partial charge in [0.1, 0.15) is 11.6 Å². The summed E-state index contributed by atoms with van der Waals surface area (Å²) in [7, 11) is 0. The highest BCUT2D eigenvalue weighted by Crippen LogP contribution is 2.23. The third-order valence-electron chi connectivity index (χ3n) is 3.07. The van der Waals surface area contributed by atoms with Crippen molar-refractivity contribution >= 4 is 0 Å². The van der Waals surface area contributed by atoms with Crippen LogP contribution in [0.3, 0.4) is 0 Å². The largest absolute Gasteiger partial charge is 0.493 e. The molecule has 0 saturated heterocycles. The molecule has 106 valence electrons. The molecule has 0 aliphatic rings. The van der Waals surface area contributed by atoms with Crippen LogP contribution < -0.4 is 10.3 Å². The third kappa shape index (κ3) is 2.74. The zero-order valence-corrected chi connectivity index (χ0v) is 11.9. The molecule has 0 atom stereocenters. The summed E-state index contributed by atoms with van der Waals surface area (Å²) in [6.45, 7) is 6.30. The lowest BCUT2D eigenvalue weighted by atomic mass is 10.0. The number of benzene rings is 1. The maximum absolute atomic E-state index is 13.0. The monoisotopic (exact) mass is 275 g/mol. The standard InChI is InChI=1S/C16H18FNO2/c1-4-20-14-9-10-18(16(19)15(14)11(2)3)13-7-5-12(17)6-8-13/h5-11H,4H2,1-3H3. The van der Waals surface area contributed by atoms with Gasteiger partial charge >= 0.3 is 0 Å². The van der Waals surface area contributed by atoms with Gasteiger partial charge in [0.25, 0.3) is 5.56 Å². The van der Waals surface area contributed by atoms with Crippen LogP contribution in [0.25, 0.3) is 5.69 Å². The summed E-state index contributed by atoms with van der Waals surface area (Å²) >= 11 is 0. The van der Waals surface area contributed by atoms with Crippen molar-refractivity contribution in [2.75, 3.05) is 6.61 Å². The molecule has 0 saturated carbocycles. The molecule has 0 spiro atoms. The number of rotatable bonds is 4. The molecule has 0 unspecified atom stereocenters. The molecule has 3 nitrogen and oxygen atoms in total. The molecule has 2 aromatic rings. The summed E-state index contributed by atoms with van der Waals surface area (Å²) < 4.78 is 20.0. The van der Waals surface area contributed by atoms with Crippen LogP contribution in [0, 0.1) is 5.82 Å². The first kappa shape index (κ1) is 14.3. The van der Waals surface area contributed by atoms with Crippen LogP contribution in [-0.2, 0) is 0 Å². The maximum Gasteiger partial charge on any atom is 0.262 e. The number of hydrogen-bond donors (Lipinski definition) is 0. The quantitative estimate of drug-likeness (QED) is 0.855. The van der Waals surface area contributed by atoms with E-state index in [-0.39, 0.29) is 17.3 Å². The van der Waals surface area contributed by atoms with Crippen molar-refractivity contribution in [3.63, 3.8) is 0 Å². The van der Waals surface area contributed by atoms with Crippen molar-refractivity contribution in [1.82, 2.24) is 4.57 Å². The lowest BCUT2D eigenvalue weighted by Crippen LogP contribution is -2.23. The van der Waals surface area contributed by atoms with E-state index < -0.39 is 0 Å². The Kier molecular flexibility index (Phi) is 4.23. The number of halogens is 1. The summed E-state index contributed by atoms with van der Waals surface area (Å²) in [6.07, 6.45) is 1.66. The highest BCUT2D eigenvalue weighted by molar-refractivity contribution is 5.39. The Hall–Kier alpha value is -2.10. The molecule has 0 aliphatic carbocycles. The van der Waals surface area contributed by atoms with E-state index in [0.29, 0.717) is 23.6 Å². The van der Waals surface area contributed by atoms with Gasteiger partial charge < -0.3 is 4.74 Å². The van der Waals surface area contributed by atoms with Crippen molar-refractivity contribution in [1.29, 1.82) is 0 Å². The molecule has 0 fully saturated rings. The Balaban J connectivity index is 2.59. The van der Waals surface area contributed by atoms with Gasteiger partial charge in [-0.2, -0.15) is 0 Å². The van der Waals surface area contributed by atoms with Crippen molar-refractivity contribution in [2.24, 2.45) is 0 Å². The first-order valence-corrected chi connectivity index (χ1v) is 6.69. The molecule has 0 aliphatic heterocycles. The van der Waals surface area contributed by atoms with Crippen LogP contribution >= 0.6 is 0 Å². The Morgan fingerprint density at radius 2 is 1.85 bits per heavy atom. The van der Waals surface area contributed by atoms with Gasteiger partial charge in [-0.05, 0) is 43.2 Å². The van der Waals surface area contributed by atoms with E-state index in [9.17, 15) is 9.18 Å². The smallest absolute Gasteiger partial charge is 0.262 e. The first-order chi connectivity index (χ1) is 9.54. The van der Waals surface area contributed by atoms with Crippen molar-refractivity contribution < 1.29 is 9.13 Å². The highest BCUT2D eigenvalue weighted by atomic mass is 19.1. The van der Waals surface area contributed by atoms with Gasteiger partial charge in [-0.1, -0.05) is 13.8 Å². The van der Waals surface area contributed by atoms with Gasteiger partial charge in [0.2, 0.25) is 0 Å².